The molecule has 5 atom stereocenters. The largest absolute Gasteiger partial charge is 0.379 e. The minimum Gasteiger partial charge on any atom is -0.379 e. The molecule has 1 aliphatic heterocycles. The molecule has 2 rings (SSSR count). The van der Waals surface area contributed by atoms with Gasteiger partial charge in [0.1, 0.15) is 0 Å². The average molecular weight is 254 g/mol. The van der Waals surface area contributed by atoms with Crippen molar-refractivity contribution in [1.29, 1.82) is 0 Å². The van der Waals surface area contributed by atoms with Gasteiger partial charge < -0.3 is 15.8 Å². The third-order valence-electron chi connectivity index (χ3n) is 4.53. The van der Waals surface area contributed by atoms with Crippen LogP contribution in [0.25, 0.3) is 0 Å². The van der Waals surface area contributed by atoms with Crippen molar-refractivity contribution in [2.75, 3.05) is 13.2 Å². The lowest BCUT2D eigenvalue weighted by Crippen LogP contribution is -2.49. The second-order valence-electron chi connectivity index (χ2n) is 6.12. The van der Waals surface area contributed by atoms with E-state index in [1.54, 1.807) is 0 Å². The molecule has 0 aromatic heterocycles. The molecule has 4 nitrogen and oxygen atoms in total. The van der Waals surface area contributed by atoms with Gasteiger partial charge in [0.15, 0.2) is 0 Å². The first kappa shape index (κ1) is 13.8. The number of hydrogen-bond acceptors (Lipinski definition) is 3. The average Bonchev–Trinajstić information content (AvgIpc) is 2.35. The highest BCUT2D eigenvalue weighted by atomic mass is 16.5. The molecule has 1 saturated heterocycles. The second kappa shape index (κ2) is 6.02. The summed E-state index contributed by atoms with van der Waals surface area (Å²) >= 11 is 0. The number of ether oxygens (including phenoxy) is 1. The summed E-state index contributed by atoms with van der Waals surface area (Å²) in [5.74, 6) is 1.23. The molecule has 18 heavy (non-hydrogen) atoms. The molecule has 2 fully saturated rings. The first-order chi connectivity index (χ1) is 8.58. The highest BCUT2D eigenvalue weighted by Gasteiger charge is 2.35. The van der Waals surface area contributed by atoms with Crippen molar-refractivity contribution in [2.24, 2.45) is 23.5 Å². The molecular weight excluding hydrogens is 228 g/mol. The van der Waals surface area contributed by atoms with Gasteiger partial charge >= 0.3 is 0 Å². The maximum absolute atomic E-state index is 12.3. The number of amides is 1. The third-order valence-corrected chi connectivity index (χ3v) is 4.53. The van der Waals surface area contributed by atoms with Gasteiger partial charge in [-0.05, 0) is 37.5 Å². The van der Waals surface area contributed by atoms with E-state index in [0.717, 1.165) is 32.3 Å². The molecule has 1 saturated carbocycles. The normalized spacial score (nSPS) is 41.4. The maximum atomic E-state index is 12.3. The van der Waals surface area contributed by atoms with Crippen LogP contribution in [0.15, 0.2) is 0 Å². The van der Waals surface area contributed by atoms with Gasteiger partial charge in [0, 0.05) is 18.6 Å². The molecule has 1 aliphatic carbocycles. The number of carbonyl (C=O) groups is 1. The Balaban J connectivity index is 1.87. The summed E-state index contributed by atoms with van der Waals surface area (Å²) in [5.41, 5.74) is 6.10. The number of nitrogens with two attached hydrogens (primary N) is 1. The quantitative estimate of drug-likeness (QED) is 0.780. The van der Waals surface area contributed by atoms with E-state index in [-0.39, 0.29) is 23.9 Å². The van der Waals surface area contributed by atoms with E-state index < -0.39 is 0 Å². The maximum Gasteiger partial charge on any atom is 0.223 e. The fraction of sp³-hybridized carbons (Fsp3) is 0.929. The number of carbonyl (C=O) groups excluding carboxylic acids is 1. The molecule has 0 radical (unpaired) electrons. The van der Waals surface area contributed by atoms with Crippen LogP contribution in [-0.4, -0.2) is 31.2 Å². The van der Waals surface area contributed by atoms with E-state index in [1.165, 1.54) is 0 Å². The van der Waals surface area contributed by atoms with E-state index in [1.807, 2.05) is 0 Å². The van der Waals surface area contributed by atoms with Gasteiger partial charge in [-0.25, -0.2) is 0 Å². The predicted octanol–water partition coefficient (Wildman–Crippen LogP) is 1.29. The summed E-state index contributed by atoms with van der Waals surface area (Å²) < 4.78 is 5.40. The van der Waals surface area contributed by atoms with Crippen LogP contribution >= 0.6 is 0 Å². The van der Waals surface area contributed by atoms with Crippen molar-refractivity contribution in [3.8, 4) is 0 Å². The Hall–Kier alpha value is -0.610. The number of rotatable bonds is 2. The molecule has 0 spiro atoms. The lowest BCUT2D eigenvalue weighted by molar-refractivity contribution is -0.129. The fourth-order valence-corrected chi connectivity index (χ4v) is 3.21. The van der Waals surface area contributed by atoms with Crippen LogP contribution in [0.4, 0.5) is 0 Å². The topological polar surface area (TPSA) is 64.3 Å². The van der Waals surface area contributed by atoms with E-state index in [4.69, 9.17) is 10.5 Å². The van der Waals surface area contributed by atoms with Crippen molar-refractivity contribution in [3.63, 3.8) is 0 Å². The smallest absolute Gasteiger partial charge is 0.223 e. The van der Waals surface area contributed by atoms with Crippen LogP contribution in [0.2, 0.25) is 0 Å². The van der Waals surface area contributed by atoms with Gasteiger partial charge in [0.25, 0.3) is 0 Å². The summed E-state index contributed by atoms with van der Waals surface area (Å²) in [7, 11) is 0. The molecular formula is C14H26N2O2. The summed E-state index contributed by atoms with van der Waals surface area (Å²) in [6.07, 6.45) is 3.96. The molecule has 104 valence electrons. The van der Waals surface area contributed by atoms with Crippen LogP contribution in [0.3, 0.4) is 0 Å². The zero-order valence-corrected chi connectivity index (χ0v) is 11.5. The molecule has 0 aromatic rings. The van der Waals surface area contributed by atoms with Gasteiger partial charge in [0.05, 0.1) is 12.6 Å². The van der Waals surface area contributed by atoms with Gasteiger partial charge in [-0.2, -0.15) is 0 Å². The van der Waals surface area contributed by atoms with E-state index in [0.29, 0.717) is 18.4 Å². The van der Waals surface area contributed by atoms with E-state index in [9.17, 15) is 4.79 Å². The molecule has 2 aliphatic rings. The fourth-order valence-electron chi connectivity index (χ4n) is 3.21. The minimum absolute atomic E-state index is 0.0816. The number of hydrogen-bond donors (Lipinski definition) is 2. The van der Waals surface area contributed by atoms with Crippen LogP contribution in [0, 0.1) is 17.8 Å². The van der Waals surface area contributed by atoms with Crippen molar-refractivity contribution < 1.29 is 9.53 Å². The van der Waals surface area contributed by atoms with Gasteiger partial charge in [-0.1, -0.05) is 13.8 Å². The molecule has 5 unspecified atom stereocenters. The molecule has 4 heteroatoms. The van der Waals surface area contributed by atoms with Gasteiger partial charge in [0.2, 0.25) is 5.91 Å². The Kier molecular flexibility index (Phi) is 4.62. The monoisotopic (exact) mass is 254 g/mol. The zero-order valence-electron chi connectivity index (χ0n) is 11.5. The summed E-state index contributed by atoms with van der Waals surface area (Å²) in [5, 5.41) is 3.13. The predicted molar refractivity (Wildman–Crippen MR) is 71.0 cm³/mol. The lowest BCUT2D eigenvalue weighted by atomic mass is 9.72. The Labute approximate surface area is 110 Å². The second-order valence-corrected chi connectivity index (χ2v) is 6.12. The van der Waals surface area contributed by atoms with Crippen molar-refractivity contribution in [3.05, 3.63) is 0 Å². The Morgan fingerprint density at radius 3 is 2.72 bits per heavy atom. The lowest BCUT2D eigenvalue weighted by Gasteiger charge is -2.37. The Morgan fingerprint density at radius 2 is 2.06 bits per heavy atom. The summed E-state index contributed by atoms with van der Waals surface area (Å²) in [6.45, 7) is 5.85. The highest BCUT2D eigenvalue weighted by Crippen LogP contribution is 2.33. The third kappa shape index (κ3) is 3.23. The molecule has 1 amide bonds. The van der Waals surface area contributed by atoms with E-state index in [2.05, 4.69) is 19.2 Å². The van der Waals surface area contributed by atoms with Crippen molar-refractivity contribution in [1.82, 2.24) is 5.32 Å². The van der Waals surface area contributed by atoms with E-state index >= 15 is 0 Å². The standard InChI is InChI=1S/C14H26N2O2/c1-9-6-10(2)13(15)7-12(9)14(17)16-11-4-3-5-18-8-11/h9-13H,3-8,15H2,1-2H3,(H,16,17). The SMILES string of the molecule is CC1CC(C)C(C(=O)NC2CCCOC2)CC1N. The van der Waals surface area contributed by atoms with Gasteiger partial charge in [-0.3, -0.25) is 4.79 Å². The Morgan fingerprint density at radius 1 is 1.28 bits per heavy atom. The molecule has 0 bridgehead atoms. The Bertz CT molecular complexity index is 290. The summed E-state index contributed by atoms with van der Waals surface area (Å²) in [6, 6.07) is 0.369. The van der Waals surface area contributed by atoms with Crippen LogP contribution in [0.5, 0.6) is 0 Å². The summed E-state index contributed by atoms with van der Waals surface area (Å²) in [4.78, 5) is 12.3. The zero-order chi connectivity index (χ0) is 13.1. The first-order valence-corrected chi connectivity index (χ1v) is 7.21. The van der Waals surface area contributed by atoms with Crippen LogP contribution < -0.4 is 11.1 Å². The molecule has 0 aromatic carbocycles. The van der Waals surface area contributed by atoms with Crippen LogP contribution in [0.1, 0.15) is 39.5 Å². The van der Waals surface area contributed by atoms with Gasteiger partial charge in [-0.15, -0.1) is 0 Å². The molecule has 3 N–H and O–H groups in total. The van der Waals surface area contributed by atoms with Crippen LogP contribution in [-0.2, 0) is 9.53 Å². The van der Waals surface area contributed by atoms with Crippen molar-refractivity contribution >= 4 is 5.91 Å². The number of nitrogens with one attached hydrogen (secondary N) is 1. The molecule has 1 heterocycles. The minimum atomic E-state index is 0.0816. The first-order valence-electron chi connectivity index (χ1n) is 7.21. The van der Waals surface area contributed by atoms with Crippen molar-refractivity contribution in [2.45, 2.75) is 51.6 Å². The highest BCUT2D eigenvalue weighted by molar-refractivity contribution is 5.79.